The molecule has 4 rings (SSSR count). The number of allylic oxidation sites excluding steroid dienone is 3. The average Bonchev–Trinajstić information content (AvgIpc) is 3.50. The van der Waals surface area contributed by atoms with Crippen LogP contribution in [0.3, 0.4) is 0 Å². The van der Waals surface area contributed by atoms with E-state index < -0.39 is 23.0 Å². The fourth-order valence-corrected chi connectivity index (χ4v) is 3.95. The number of benzene rings is 1. The molecule has 0 atom stereocenters. The molecule has 13 heteroatoms. The van der Waals surface area contributed by atoms with E-state index >= 15 is 0 Å². The van der Waals surface area contributed by atoms with Gasteiger partial charge in [-0.3, -0.25) is 18.5 Å². The van der Waals surface area contributed by atoms with Crippen LogP contribution >= 0.6 is 11.6 Å². The Morgan fingerprint density at radius 2 is 1.85 bits per heavy atom. The first kappa shape index (κ1) is 28.0. The van der Waals surface area contributed by atoms with Crippen LogP contribution in [0, 0.1) is 0 Å². The Morgan fingerprint density at radius 1 is 1.15 bits per heavy atom. The highest BCUT2D eigenvalue weighted by Crippen LogP contribution is 2.28. The van der Waals surface area contributed by atoms with Gasteiger partial charge in [-0.15, -0.1) is 0 Å². The zero-order chi connectivity index (χ0) is 28.5. The Hall–Kier alpha value is -4.06. The molecule has 0 unspecified atom stereocenters. The van der Waals surface area contributed by atoms with Crippen LogP contribution in [-0.4, -0.2) is 30.0 Å². The van der Waals surface area contributed by atoms with Crippen molar-refractivity contribution in [3.05, 3.63) is 96.7 Å². The molecule has 0 saturated carbocycles. The summed E-state index contributed by atoms with van der Waals surface area (Å²) < 4.78 is 54.1. The van der Waals surface area contributed by atoms with E-state index in [1.807, 2.05) is 6.92 Å². The molecule has 0 amide bonds. The molecule has 0 N–H and O–H groups in total. The van der Waals surface area contributed by atoms with Crippen LogP contribution in [0.2, 0.25) is 5.02 Å². The van der Waals surface area contributed by atoms with Crippen molar-refractivity contribution in [2.75, 3.05) is 0 Å². The summed E-state index contributed by atoms with van der Waals surface area (Å²) >= 11 is 6.01. The maximum absolute atomic E-state index is 13.7. The van der Waals surface area contributed by atoms with Crippen molar-refractivity contribution < 1.29 is 22.4 Å². The third-order valence-electron chi connectivity index (χ3n) is 6.03. The molecule has 3 aromatic heterocycles. The van der Waals surface area contributed by atoms with E-state index in [1.54, 1.807) is 30.3 Å². The van der Waals surface area contributed by atoms with Crippen LogP contribution < -0.4 is 16.0 Å². The van der Waals surface area contributed by atoms with Gasteiger partial charge >= 0.3 is 17.9 Å². The molecule has 0 radical (unpaired) electrons. The van der Waals surface area contributed by atoms with Crippen molar-refractivity contribution in [1.29, 1.82) is 0 Å². The van der Waals surface area contributed by atoms with Crippen molar-refractivity contribution in [1.82, 2.24) is 23.8 Å². The van der Waals surface area contributed by atoms with Gasteiger partial charge in [0.1, 0.15) is 17.2 Å². The molecule has 39 heavy (non-hydrogen) atoms. The van der Waals surface area contributed by atoms with Crippen LogP contribution in [0.4, 0.5) is 13.2 Å². The molecule has 0 aliphatic rings. The van der Waals surface area contributed by atoms with Gasteiger partial charge in [0.15, 0.2) is 11.2 Å². The second-order valence-corrected chi connectivity index (χ2v) is 9.20. The van der Waals surface area contributed by atoms with Crippen LogP contribution in [0.1, 0.15) is 37.8 Å². The highest BCUT2D eigenvalue weighted by atomic mass is 35.5. The molecular weight excluding hydrogens is 539 g/mol. The predicted octanol–water partition coefficient (Wildman–Crippen LogP) is 4.99. The van der Waals surface area contributed by atoms with Crippen molar-refractivity contribution in [3.8, 4) is 6.01 Å². The van der Waals surface area contributed by atoms with Crippen LogP contribution in [0.5, 0.6) is 6.01 Å². The van der Waals surface area contributed by atoms with Gasteiger partial charge in [0, 0.05) is 30.1 Å². The van der Waals surface area contributed by atoms with Gasteiger partial charge in [0.25, 0.3) is 5.56 Å². The van der Waals surface area contributed by atoms with E-state index in [4.69, 9.17) is 20.9 Å². The number of ether oxygens (including phenoxy) is 1. The van der Waals surface area contributed by atoms with Crippen LogP contribution in [-0.2, 0) is 26.6 Å². The highest BCUT2D eigenvalue weighted by Gasteiger charge is 2.30. The number of rotatable bonds is 8. The number of hydrogen-bond acceptors (Lipinski definition) is 6. The van der Waals surface area contributed by atoms with E-state index in [9.17, 15) is 22.8 Å². The maximum Gasteiger partial charge on any atom is 0.412 e. The number of aryl methyl sites for hydroxylation is 2. The van der Waals surface area contributed by atoms with Crippen LogP contribution in [0.25, 0.3) is 11.2 Å². The van der Waals surface area contributed by atoms with Gasteiger partial charge in [-0.1, -0.05) is 35.8 Å². The topological polar surface area (TPSA) is 97.1 Å². The van der Waals surface area contributed by atoms with Gasteiger partial charge in [-0.2, -0.15) is 18.2 Å². The summed E-state index contributed by atoms with van der Waals surface area (Å²) in [6.07, 6.45) is -1.80. The number of nitrogens with zero attached hydrogens (tertiary/aromatic N) is 5. The average molecular weight is 564 g/mol. The number of alkyl halides is 3. The number of aromatic nitrogens is 5. The summed E-state index contributed by atoms with van der Waals surface area (Å²) in [6, 6.07) is 8.26. The quantitative estimate of drug-likeness (QED) is 0.221. The van der Waals surface area contributed by atoms with Gasteiger partial charge in [-0.25, -0.2) is 4.79 Å². The van der Waals surface area contributed by atoms with E-state index in [-0.39, 0.29) is 36.0 Å². The molecule has 0 aliphatic heterocycles. The van der Waals surface area contributed by atoms with E-state index in [2.05, 4.69) is 10.1 Å². The Labute approximate surface area is 225 Å². The number of halogens is 4. The molecule has 0 fully saturated rings. The second-order valence-electron chi connectivity index (χ2n) is 8.77. The van der Waals surface area contributed by atoms with E-state index in [0.29, 0.717) is 28.5 Å². The maximum atomic E-state index is 13.7. The lowest BCUT2D eigenvalue weighted by atomic mass is 10.2. The Kier molecular flexibility index (Phi) is 7.86. The highest BCUT2D eigenvalue weighted by molar-refractivity contribution is 6.30. The first-order chi connectivity index (χ1) is 18.4. The normalized spacial score (nSPS) is 12.9. The lowest BCUT2D eigenvalue weighted by Crippen LogP contribution is -2.40. The first-order valence-corrected chi connectivity index (χ1v) is 12.3. The molecule has 1 aromatic carbocycles. The fourth-order valence-electron chi connectivity index (χ4n) is 3.82. The second kappa shape index (κ2) is 11.0. The smallest absolute Gasteiger partial charge is 0.412 e. The first-order valence-electron chi connectivity index (χ1n) is 11.9. The Balaban J connectivity index is 1.91. The third-order valence-corrected chi connectivity index (χ3v) is 6.28. The number of fused-ring (bicyclic) bond motifs is 1. The molecule has 4 aromatic rings. The Bertz CT molecular complexity index is 1690. The van der Waals surface area contributed by atoms with Crippen molar-refractivity contribution in [3.63, 3.8) is 0 Å². The lowest BCUT2D eigenvalue weighted by Gasteiger charge is -2.12. The number of imidazole rings is 1. The summed E-state index contributed by atoms with van der Waals surface area (Å²) in [5, 5.41) is 4.43. The number of hydrogen-bond donors (Lipinski definition) is 0. The lowest BCUT2D eigenvalue weighted by molar-refractivity contribution is -0.0915. The minimum atomic E-state index is -4.56. The van der Waals surface area contributed by atoms with Gasteiger partial charge < -0.3 is 9.26 Å². The van der Waals surface area contributed by atoms with Crippen molar-refractivity contribution >= 4 is 22.8 Å². The standard InChI is InChI=1S/C26H25ClF3N5O4/c1-5-19(11-15(3)26(28,29)30)38-24-31-22-21(34(24)13-16-7-9-17(27)10-8-16)23(36)35(25(37)33(22)4)14-18-12-20(6-2)39-32-18/h5,7-12H,6,13-14H2,1-4H3/b15-11+,19-5+. The van der Waals surface area contributed by atoms with Gasteiger partial charge in [0.2, 0.25) is 0 Å². The summed E-state index contributed by atoms with van der Waals surface area (Å²) in [5.41, 5.74) is -1.10. The molecule has 0 bridgehead atoms. The molecule has 0 spiro atoms. The summed E-state index contributed by atoms with van der Waals surface area (Å²) in [6.45, 7) is 4.20. The van der Waals surface area contributed by atoms with E-state index in [0.717, 1.165) is 17.6 Å². The molecule has 206 valence electrons. The summed E-state index contributed by atoms with van der Waals surface area (Å²) in [4.78, 5) is 31.2. The largest absolute Gasteiger partial charge is 0.426 e. The Morgan fingerprint density at radius 3 is 2.44 bits per heavy atom. The molecular formula is C26H25ClF3N5O4. The van der Waals surface area contributed by atoms with Gasteiger partial charge in [-0.05, 0) is 43.7 Å². The summed E-state index contributed by atoms with van der Waals surface area (Å²) in [7, 11) is 1.44. The zero-order valence-corrected chi connectivity index (χ0v) is 22.3. The molecule has 0 aliphatic carbocycles. The monoisotopic (exact) mass is 563 g/mol. The predicted molar refractivity (Wildman–Crippen MR) is 139 cm³/mol. The van der Waals surface area contributed by atoms with Crippen LogP contribution in [0.15, 0.2) is 67.9 Å². The zero-order valence-electron chi connectivity index (χ0n) is 21.5. The third kappa shape index (κ3) is 5.85. The molecule has 0 saturated heterocycles. The fraction of sp³-hybridized carbons (Fsp3) is 0.308. The van der Waals surface area contributed by atoms with Gasteiger partial charge in [0.05, 0.1) is 13.1 Å². The minimum absolute atomic E-state index is 0.00610. The molecule has 3 heterocycles. The molecule has 9 nitrogen and oxygen atoms in total. The van der Waals surface area contributed by atoms with Crippen molar-refractivity contribution in [2.24, 2.45) is 7.05 Å². The van der Waals surface area contributed by atoms with Crippen molar-refractivity contribution in [2.45, 2.75) is 46.5 Å². The minimum Gasteiger partial charge on any atom is -0.426 e. The van der Waals surface area contributed by atoms with E-state index in [1.165, 1.54) is 29.2 Å². The summed E-state index contributed by atoms with van der Waals surface area (Å²) in [5.74, 6) is 0.456. The SMILES string of the molecule is C/C=C(\C=C(/C)C(F)(F)F)Oc1nc2c(c(=O)n(Cc3cc(CC)on3)c(=O)n2C)n1Cc1ccc(Cl)cc1.